The van der Waals surface area contributed by atoms with E-state index in [0.717, 1.165) is 11.7 Å². The van der Waals surface area contributed by atoms with Crippen LogP contribution in [0.2, 0.25) is 0 Å². The highest BCUT2D eigenvalue weighted by Crippen LogP contribution is 2.24. The summed E-state index contributed by atoms with van der Waals surface area (Å²) in [6.07, 6.45) is 5.38. The second-order valence-electron chi connectivity index (χ2n) is 4.04. The number of hydrogen-bond acceptors (Lipinski definition) is 4. The zero-order valence-electron chi connectivity index (χ0n) is 9.16. The van der Waals surface area contributed by atoms with E-state index in [1.54, 1.807) is 11.3 Å². The lowest BCUT2D eigenvalue weighted by Gasteiger charge is -2.08. The molecule has 1 aromatic heterocycles. The van der Waals surface area contributed by atoms with Crippen LogP contribution in [0, 0.1) is 6.92 Å². The molecule has 15 heavy (non-hydrogen) atoms. The molecule has 1 atom stereocenters. The SMILES string of the molecule is Cc1csc(SCCCC2CCCN2)n1. The molecule has 0 aliphatic carbocycles. The zero-order valence-corrected chi connectivity index (χ0v) is 10.8. The van der Waals surface area contributed by atoms with Gasteiger partial charge in [0, 0.05) is 22.9 Å². The largest absolute Gasteiger partial charge is 0.314 e. The van der Waals surface area contributed by atoms with Crippen LogP contribution in [0.3, 0.4) is 0 Å². The quantitative estimate of drug-likeness (QED) is 0.634. The second-order valence-corrected chi connectivity index (χ2v) is 6.24. The smallest absolute Gasteiger partial charge is 0.150 e. The van der Waals surface area contributed by atoms with Gasteiger partial charge in [-0.15, -0.1) is 11.3 Å². The van der Waals surface area contributed by atoms with Gasteiger partial charge in [0.25, 0.3) is 0 Å². The van der Waals surface area contributed by atoms with Gasteiger partial charge in [-0.2, -0.15) is 0 Å². The monoisotopic (exact) mass is 242 g/mol. The Labute approximate surface area is 99.9 Å². The summed E-state index contributed by atoms with van der Waals surface area (Å²) in [6.45, 7) is 3.28. The molecule has 1 fully saturated rings. The molecule has 84 valence electrons. The second kappa shape index (κ2) is 5.87. The Morgan fingerprint density at radius 2 is 2.60 bits per heavy atom. The van der Waals surface area contributed by atoms with Crippen molar-refractivity contribution in [2.45, 2.75) is 43.0 Å². The van der Waals surface area contributed by atoms with Crippen LogP contribution in [0.25, 0.3) is 0 Å². The van der Waals surface area contributed by atoms with Gasteiger partial charge in [0.1, 0.15) is 4.34 Å². The van der Waals surface area contributed by atoms with Crippen molar-refractivity contribution in [3.05, 3.63) is 11.1 Å². The average Bonchev–Trinajstić information content (AvgIpc) is 2.84. The first-order valence-electron chi connectivity index (χ1n) is 5.63. The summed E-state index contributed by atoms with van der Waals surface area (Å²) in [5.41, 5.74) is 1.15. The molecule has 4 heteroatoms. The predicted molar refractivity (Wildman–Crippen MR) is 67.8 cm³/mol. The Hall–Kier alpha value is -0.0600. The van der Waals surface area contributed by atoms with Gasteiger partial charge in [-0.1, -0.05) is 11.8 Å². The first-order valence-corrected chi connectivity index (χ1v) is 7.49. The van der Waals surface area contributed by atoms with Gasteiger partial charge in [0.05, 0.1) is 0 Å². The fourth-order valence-electron chi connectivity index (χ4n) is 1.89. The fourth-order valence-corrected chi connectivity index (χ4v) is 3.77. The van der Waals surface area contributed by atoms with Crippen LogP contribution in [-0.4, -0.2) is 23.3 Å². The van der Waals surface area contributed by atoms with E-state index in [-0.39, 0.29) is 0 Å². The van der Waals surface area contributed by atoms with E-state index in [1.807, 2.05) is 11.8 Å². The molecule has 0 aromatic carbocycles. The van der Waals surface area contributed by atoms with Crippen molar-refractivity contribution >= 4 is 23.1 Å². The molecule has 0 bridgehead atoms. The van der Waals surface area contributed by atoms with E-state index in [2.05, 4.69) is 22.6 Å². The molecule has 0 radical (unpaired) electrons. The number of aromatic nitrogens is 1. The van der Waals surface area contributed by atoms with Gasteiger partial charge in [-0.25, -0.2) is 4.98 Å². The van der Waals surface area contributed by atoms with Crippen molar-refractivity contribution in [3.63, 3.8) is 0 Å². The number of nitrogens with one attached hydrogen (secondary N) is 1. The maximum absolute atomic E-state index is 4.45. The first kappa shape index (κ1) is 11.4. The van der Waals surface area contributed by atoms with Gasteiger partial charge in [0.15, 0.2) is 0 Å². The van der Waals surface area contributed by atoms with Crippen molar-refractivity contribution in [2.24, 2.45) is 0 Å². The molecule has 1 aromatic rings. The number of thioether (sulfide) groups is 1. The van der Waals surface area contributed by atoms with E-state index in [9.17, 15) is 0 Å². The minimum atomic E-state index is 0.795. The van der Waals surface area contributed by atoms with Crippen molar-refractivity contribution in [1.29, 1.82) is 0 Å². The van der Waals surface area contributed by atoms with Crippen LogP contribution in [-0.2, 0) is 0 Å². The number of nitrogens with zero attached hydrogens (tertiary/aromatic N) is 1. The van der Waals surface area contributed by atoms with Gasteiger partial charge < -0.3 is 5.32 Å². The number of thiazole rings is 1. The fraction of sp³-hybridized carbons (Fsp3) is 0.727. The molecular weight excluding hydrogens is 224 g/mol. The summed E-state index contributed by atoms with van der Waals surface area (Å²) in [4.78, 5) is 4.45. The third-order valence-electron chi connectivity index (χ3n) is 2.68. The Balaban J connectivity index is 1.58. The van der Waals surface area contributed by atoms with E-state index in [4.69, 9.17) is 0 Å². The Morgan fingerprint density at radius 3 is 3.27 bits per heavy atom. The highest BCUT2D eigenvalue weighted by Gasteiger charge is 2.12. The van der Waals surface area contributed by atoms with Crippen molar-refractivity contribution in [1.82, 2.24) is 10.3 Å². The molecule has 2 heterocycles. The maximum Gasteiger partial charge on any atom is 0.150 e. The number of aryl methyl sites for hydroxylation is 1. The van der Waals surface area contributed by atoms with Gasteiger partial charge in [-0.3, -0.25) is 0 Å². The molecule has 1 aliphatic rings. The zero-order chi connectivity index (χ0) is 10.5. The molecule has 1 saturated heterocycles. The lowest BCUT2D eigenvalue weighted by molar-refractivity contribution is 0.553. The molecule has 0 saturated carbocycles. The molecule has 1 aliphatic heterocycles. The molecular formula is C11H18N2S2. The third kappa shape index (κ3) is 3.78. The minimum Gasteiger partial charge on any atom is -0.314 e. The highest BCUT2D eigenvalue weighted by molar-refractivity contribution is 8.00. The first-order chi connectivity index (χ1) is 7.34. The van der Waals surface area contributed by atoms with E-state index in [1.165, 1.54) is 42.3 Å². The average molecular weight is 242 g/mol. The molecule has 1 unspecified atom stereocenters. The van der Waals surface area contributed by atoms with Crippen LogP contribution >= 0.6 is 23.1 Å². The topological polar surface area (TPSA) is 24.9 Å². The number of hydrogen-bond donors (Lipinski definition) is 1. The predicted octanol–water partition coefficient (Wildman–Crippen LogP) is 3.08. The molecule has 0 amide bonds. The summed E-state index contributed by atoms with van der Waals surface area (Å²) in [6, 6.07) is 0.795. The highest BCUT2D eigenvalue weighted by atomic mass is 32.2. The summed E-state index contributed by atoms with van der Waals surface area (Å²) < 4.78 is 1.23. The van der Waals surface area contributed by atoms with E-state index in [0.29, 0.717) is 0 Å². The summed E-state index contributed by atoms with van der Waals surface area (Å²) in [5, 5.41) is 5.66. The van der Waals surface area contributed by atoms with Crippen LogP contribution in [0.1, 0.15) is 31.4 Å². The van der Waals surface area contributed by atoms with Gasteiger partial charge >= 0.3 is 0 Å². The Morgan fingerprint density at radius 1 is 1.67 bits per heavy atom. The van der Waals surface area contributed by atoms with Crippen LogP contribution in [0.15, 0.2) is 9.72 Å². The molecule has 0 spiro atoms. The third-order valence-corrected chi connectivity index (χ3v) is 4.91. The van der Waals surface area contributed by atoms with Crippen LogP contribution in [0.4, 0.5) is 0 Å². The van der Waals surface area contributed by atoms with Gasteiger partial charge in [0.2, 0.25) is 0 Å². The normalized spacial score (nSPS) is 21.0. The summed E-state index contributed by atoms with van der Waals surface area (Å²) in [7, 11) is 0. The lowest BCUT2D eigenvalue weighted by atomic mass is 10.1. The summed E-state index contributed by atoms with van der Waals surface area (Å²) in [5.74, 6) is 1.21. The standard InChI is InChI=1S/C11H18N2S2/c1-9-8-15-11(13-9)14-7-3-5-10-4-2-6-12-10/h8,10,12H,2-7H2,1H3. The molecule has 2 nitrogen and oxygen atoms in total. The van der Waals surface area contributed by atoms with Gasteiger partial charge in [-0.05, 0) is 39.2 Å². The Kier molecular flexibility index (Phi) is 4.47. The molecule has 1 N–H and O–H groups in total. The van der Waals surface area contributed by atoms with E-state index < -0.39 is 0 Å². The van der Waals surface area contributed by atoms with Crippen molar-refractivity contribution < 1.29 is 0 Å². The van der Waals surface area contributed by atoms with Crippen LogP contribution in [0.5, 0.6) is 0 Å². The maximum atomic E-state index is 4.45. The van der Waals surface area contributed by atoms with Crippen molar-refractivity contribution in [2.75, 3.05) is 12.3 Å². The Bertz CT molecular complexity index is 293. The van der Waals surface area contributed by atoms with Crippen molar-refractivity contribution in [3.8, 4) is 0 Å². The van der Waals surface area contributed by atoms with E-state index >= 15 is 0 Å². The molecule has 2 rings (SSSR count). The summed E-state index contributed by atoms with van der Waals surface area (Å²) >= 11 is 3.67. The minimum absolute atomic E-state index is 0.795. The lowest BCUT2D eigenvalue weighted by Crippen LogP contribution is -2.20. The van der Waals surface area contributed by atoms with Crippen LogP contribution < -0.4 is 5.32 Å². The number of rotatable bonds is 5.